The molecule has 1 saturated heterocycles. The van der Waals surface area contributed by atoms with Crippen molar-refractivity contribution in [3.8, 4) is 5.95 Å². The Morgan fingerprint density at radius 3 is 2.41 bits per heavy atom. The van der Waals surface area contributed by atoms with Crippen molar-refractivity contribution in [3.63, 3.8) is 0 Å². The second kappa shape index (κ2) is 9.01. The van der Waals surface area contributed by atoms with Crippen LogP contribution in [-0.2, 0) is 4.79 Å². The number of aromatic nitrogens is 4. The molecule has 1 aromatic carbocycles. The van der Waals surface area contributed by atoms with Gasteiger partial charge >= 0.3 is 0 Å². The normalized spacial score (nSPS) is 15.2. The number of alkyl halides is 2. The molecule has 2 amide bonds. The summed E-state index contributed by atoms with van der Waals surface area (Å²) in [6.45, 7) is 3.67. The summed E-state index contributed by atoms with van der Waals surface area (Å²) >= 11 is 0. The predicted octanol–water partition coefficient (Wildman–Crippen LogP) is 2.38. The molecule has 2 aromatic heterocycles. The highest BCUT2D eigenvalue weighted by atomic mass is 19.3. The third-order valence-electron chi connectivity index (χ3n) is 5.61. The van der Waals surface area contributed by atoms with Gasteiger partial charge in [-0.3, -0.25) is 9.59 Å². The molecule has 180 valence electrons. The number of fused-ring (bicyclic) bond motifs is 1. The summed E-state index contributed by atoms with van der Waals surface area (Å²) in [5, 5.41) is 16.6. The molecule has 3 aromatic rings. The Labute approximate surface area is 192 Å². The lowest BCUT2D eigenvalue weighted by Gasteiger charge is -2.35. The maximum atomic E-state index is 13.7. The van der Waals surface area contributed by atoms with E-state index < -0.39 is 29.4 Å². The molecule has 3 heterocycles. The van der Waals surface area contributed by atoms with Crippen molar-refractivity contribution in [3.05, 3.63) is 47.7 Å². The number of halogens is 3. The number of carbonyl (C=O) groups is 2. The molecule has 0 unspecified atom stereocenters. The number of hydrogen-bond donors (Lipinski definition) is 2. The van der Waals surface area contributed by atoms with Crippen molar-refractivity contribution in [2.75, 3.05) is 13.1 Å². The van der Waals surface area contributed by atoms with Crippen LogP contribution in [0.1, 0.15) is 49.2 Å². The van der Waals surface area contributed by atoms with Crippen molar-refractivity contribution in [1.29, 1.82) is 0 Å². The zero-order valence-corrected chi connectivity index (χ0v) is 18.5. The maximum absolute atomic E-state index is 13.7. The molecule has 0 spiro atoms. The van der Waals surface area contributed by atoms with Crippen molar-refractivity contribution in [2.24, 2.45) is 0 Å². The lowest BCUT2D eigenvalue weighted by atomic mass is 10.0. The van der Waals surface area contributed by atoms with E-state index in [4.69, 9.17) is 0 Å². The van der Waals surface area contributed by atoms with Crippen molar-refractivity contribution < 1.29 is 27.9 Å². The van der Waals surface area contributed by atoms with Gasteiger partial charge in [0.1, 0.15) is 17.1 Å². The van der Waals surface area contributed by atoms with Crippen molar-refractivity contribution in [1.82, 2.24) is 30.0 Å². The fraction of sp³-hybridized carbons (Fsp3) is 0.409. The zero-order chi connectivity index (χ0) is 24.6. The molecule has 2 N–H and O–H groups in total. The van der Waals surface area contributed by atoms with Gasteiger partial charge in [0.25, 0.3) is 24.2 Å². The van der Waals surface area contributed by atoms with E-state index >= 15 is 0 Å². The molecule has 1 aliphatic heterocycles. The lowest BCUT2D eigenvalue weighted by Crippen LogP contribution is -2.51. The summed E-state index contributed by atoms with van der Waals surface area (Å²) in [5.74, 6) is -1.50. The number of nitrogens with zero attached hydrogens (tertiary/aromatic N) is 5. The number of benzene rings is 1. The molecule has 34 heavy (non-hydrogen) atoms. The van der Waals surface area contributed by atoms with Gasteiger partial charge in [-0.15, -0.1) is 0 Å². The van der Waals surface area contributed by atoms with Gasteiger partial charge in [0.05, 0.1) is 11.1 Å². The molecule has 0 radical (unpaired) electrons. The van der Waals surface area contributed by atoms with Gasteiger partial charge in [0, 0.05) is 43.0 Å². The summed E-state index contributed by atoms with van der Waals surface area (Å²) in [6.07, 6.45) is 0.643. The minimum atomic E-state index is -2.87. The minimum absolute atomic E-state index is 0.0798. The molecule has 0 aliphatic carbocycles. The van der Waals surface area contributed by atoms with Gasteiger partial charge in [-0.05, 0) is 38.8 Å². The number of amides is 2. The van der Waals surface area contributed by atoms with Crippen LogP contribution in [0.4, 0.5) is 13.2 Å². The average molecular weight is 476 g/mol. The number of nitrogens with one attached hydrogen (secondary N) is 1. The predicted molar refractivity (Wildman–Crippen MR) is 115 cm³/mol. The first kappa shape index (κ1) is 23.6. The fourth-order valence-corrected chi connectivity index (χ4v) is 3.86. The summed E-state index contributed by atoms with van der Waals surface area (Å²) < 4.78 is 41.4. The van der Waals surface area contributed by atoms with E-state index in [-0.39, 0.29) is 34.4 Å². The highest BCUT2D eigenvalue weighted by Gasteiger charge is 2.32. The molecule has 0 saturated carbocycles. The Balaban J connectivity index is 1.45. The first-order valence-corrected chi connectivity index (χ1v) is 10.7. The third-order valence-corrected chi connectivity index (χ3v) is 5.61. The van der Waals surface area contributed by atoms with Gasteiger partial charge in [-0.1, -0.05) is 0 Å². The van der Waals surface area contributed by atoms with Gasteiger partial charge < -0.3 is 15.3 Å². The SMILES string of the molecule is CC(C)(O)C(=O)N1CCC(NC(=O)c2cnc(-n3nc(C(F)F)c4ccc(F)cc43)nc2)CC1. The van der Waals surface area contributed by atoms with E-state index in [1.807, 2.05) is 0 Å². The fourth-order valence-electron chi connectivity index (χ4n) is 3.86. The summed E-state index contributed by atoms with van der Waals surface area (Å²) in [5.41, 5.74) is -1.73. The molecule has 0 bridgehead atoms. The van der Waals surface area contributed by atoms with Gasteiger partial charge in [0.2, 0.25) is 0 Å². The van der Waals surface area contributed by atoms with Crippen LogP contribution in [0.25, 0.3) is 16.9 Å². The van der Waals surface area contributed by atoms with Crippen LogP contribution in [0, 0.1) is 5.82 Å². The Morgan fingerprint density at radius 1 is 1.18 bits per heavy atom. The molecule has 12 heteroatoms. The average Bonchev–Trinajstić information content (AvgIpc) is 3.17. The molecule has 0 atom stereocenters. The number of hydrogen-bond acceptors (Lipinski definition) is 6. The number of rotatable bonds is 5. The Hall–Kier alpha value is -3.54. The Kier molecular flexibility index (Phi) is 6.26. The van der Waals surface area contributed by atoms with Crippen molar-refractivity contribution >= 4 is 22.7 Å². The second-order valence-electron chi connectivity index (χ2n) is 8.63. The molecular formula is C22H23F3N6O3. The molecule has 9 nitrogen and oxygen atoms in total. The van der Waals surface area contributed by atoms with E-state index in [0.717, 1.165) is 16.8 Å². The smallest absolute Gasteiger partial charge is 0.282 e. The monoisotopic (exact) mass is 476 g/mol. The van der Waals surface area contributed by atoms with E-state index in [1.165, 1.54) is 32.3 Å². The summed E-state index contributed by atoms with van der Waals surface area (Å²) in [7, 11) is 0. The van der Waals surface area contributed by atoms with Gasteiger partial charge in [0.15, 0.2) is 0 Å². The second-order valence-corrected chi connectivity index (χ2v) is 8.63. The topological polar surface area (TPSA) is 113 Å². The highest BCUT2D eigenvalue weighted by molar-refractivity contribution is 5.94. The van der Waals surface area contributed by atoms with E-state index in [9.17, 15) is 27.9 Å². The number of aliphatic hydroxyl groups is 1. The molecular weight excluding hydrogens is 453 g/mol. The van der Waals surface area contributed by atoms with Gasteiger partial charge in [-0.25, -0.2) is 23.1 Å². The largest absolute Gasteiger partial charge is 0.381 e. The van der Waals surface area contributed by atoms with Crippen LogP contribution < -0.4 is 5.32 Å². The van der Waals surface area contributed by atoms with Crippen LogP contribution in [0.2, 0.25) is 0 Å². The van der Waals surface area contributed by atoms with E-state index in [0.29, 0.717) is 25.9 Å². The van der Waals surface area contributed by atoms with Crippen LogP contribution in [-0.4, -0.2) is 66.3 Å². The lowest BCUT2D eigenvalue weighted by molar-refractivity contribution is -0.148. The quantitative estimate of drug-likeness (QED) is 0.585. The number of likely N-dealkylation sites (tertiary alicyclic amines) is 1. The Morgan fingerprint density at radius 2 is 1.82 bits per heavy atom. The van der Waals surface area contributed by atoms with E-state index in [1.54, 1.807) is 4.90 Å². The van der Waals surface area contributed by atoms with Crippen molar-refractivity contribution in [2.45, 2.75) is 44.8 Å². The third kappa shape index (κ3) is 4.72. The van der Waals surface area contributed by atoms with Gasteiger partial charge in [-0.2, -0.15) is 9.78 Å². The van der Waals surface area contributed by atoms with Crippen LogP contribution in [0.15, 0.2) is 30.6 Å². The molecule has 4 rings (SSSR count). The zero-order valence-electron chi connectivity index (χ0n) is 18.5. The van der Waals surface area contributed by atoms with Crippen LogP contribution in [0.5, 0.6) is 0 Å². The number of piperidine rings is 1. The standard InChI is InChI=1S/C22H23F3N6O3/c1-22(2,34)20(33)30-7-5-14(6-8-30)28-19(32)12-10-26-21(27-11-12)31-16-9-13(23)3-4-15(16)17(29-31)18(24)25/h3-4,9-11,14,18,34H,5-8H2,1-2H3,(H,28,32). The molecule has 1 fully saturated rings. The summed E-state index contributed by atoms with van der Waals surface area (Å²) in [6, 6.07) is 3.18. The Bertz CT molecular complexity index is 1220. The minimum Gasteiger partial charge on any atom is -0.381 e. The maximum Gasteiger partial charge on any atom is 0.282 e. The first-order chi connectivity index (χ1) is 16.0. The number of carbonyl (C=O) groups excluding carboxylic acids is 2. The van der Waals surface area contributed by atoms with E-state index in [2.05, 4.69) is 20.4 Å². The summed E-state index contributed by atoms with van der Waals surface area (Å²) in [4.78, 5) is 34.4. The van der Waals surface area contributed by atoms with Crippen LogP contribution in [0.3, 0.4) is 0 Å². The molecule has 1 aliphatic rings. The highest BCUT2D eigenvalue weighted by Crippen LogP contribution is 2.28. The first-order valence-electron chi connectivity index (χ1n) is 10.7. The van der Waals surface area contributed by atoms with Crippen LogP contribution >= 0.6 is 0 Å².